The summed E-state index contributed by atoms with van der Waals surface area (Å²) in [7, 11) is -2.73. The lowest BCUT2D eigenvalue weighted by Crippen LogP contribution is -2.61. The van der Waals surface area contributed by atoms with Gasteiger partial charge >= 0.3 is 6.09 Å². The van der Waals surface area contributed by atoms with Crippen molar-refractivity contribution < 1.29 is 41.8 Å². The zero-order valence-corrected chi connectivity index (χ0v) is 19.0. The van der Waals surface area contributed by atoms with E-state index >= 15 is 0 Å². The number of sulfonamides is 1. The third-order valence-corrected chi connectivity index (χ3v) is 6.92. The van der Waals surface area contributed by atoms with Crippen LogP contribution in [0.2, 0.25) is 0 Å². The van der Waals surface area contributed by atoms with Crippen LogP contribution >= 0.6 is 0 Å². The Labute approximate surface area is 195 Å². The number of piperazine rings is 1. The summed E-state index contributed by atoms with van der Waals surface area (Å²) in [6.07, 6.45) is -0.730. The summed E-state index contributed by atoms with van der Waals surface area (Å²) < 4.78 is 55.8. The summed E-state index contributed by atoms with van der Waals surface area (Å²) in [6.45, 7) is -0.360. The van der Waals surface area contributed by atoms with Crippen molar-refractivity contribution in [2.45, 2.75) is 10.9 Å². The van der Waals surface area contributed by atoms with Crippen LogP contribution in [0.3, 0.4) is 0 Å². The fraction of sp³-hybridized carbons (Fsp3) is 0.333. The van der Waals surface area contributed by atoms with E-state index in [4.69, 9.17) is 19.4 Å². The molecule has 0 unspecified atom stereocenters. The Kier molecular flexibility index (Phi) is 8.39. The molecule has 34 heavy (non-hydrogen) atoms. The first-order valence-electron chi connectivity index (χ1n) is 10.2. The lowest BCUT2D eigenvalue weighted by atomic mass is 10.2. The fourth-order valence-corrected chi connectivity index (χ4v) is 4.84. The van der Waals surface area contributed by atoms with E-state index in [0.717, 1.165) is 4.31 Å². The van der Waals surface area contributed by atoms with Crippen LogP contribution in [0.25, 0.3) is 0 Å². The first kappa shape index (κ1) is 25.4. The molecular formula is C21H24FN3O8S. The zero-order chi connectivity index (χ0) is 24.7. The Balaban J connectivity index is 1.75. The van der Waals surface area contributed by atoms with Crippen molar-refractivity contribution in [1.82, 2.24) is 14.7 Å². The van der Waals surface area contributed by atoms with Gasteiger partial charge in [0.25, 0.3) is 5.91 Å². The van der Waals surface area contributed by atoms with Gasteiger partial charge in [0.15, 0.2) is 0 Å². The third-order valence-electron chi connectivity index (χ3n) is 4.99. The van der Waals surface area contributed by atoms with E-state index in [0.29, 0.717) is 11.5 Å². The monoisotopic (exact) mass is 497 g/mol. The second kappa shape index (κ2) is 11.2. The molecule has 2 amide bonds. The first-order chi connectivity index (χ1) is 16.3. The number of amides is 2. The van der Waals surface area contributed by atoms with E-state index in [1.807, 2.05) is 0 Å². The molecule has 2 aromatic carbocycles. The third kappa shape index (κ3) is 5.99. The number of nitrogens with one attached hydrogen (secondary N) is 1. The fourth-order valence-electron chi connectivity index (χ4n) is 3.27. The van der Waals surface area contributed by atoms with Crippen LogP contribution in [0, 0.1) is 5.82 Å². The molecule has 2 N–H and O–H groups in total. The number of nitrogens with zero attached hydrogens (tertiary/aromatic N) is 2. The summed E-state index contributed by atoms with van der Waals surface area (Å²) in [5.74, 6) is -0.725. The molecule has 184 valence electrons. The van der Waals surface area contributed by atoms with Crippen LogP contribution < -0.4 is 10.2 Å². The normalized spacial score (nSPS) is 16.7. The molecule has 0 aromatic heterocycles. The van der Waals surface area contributed by atoms with E-state index in [-0.39, 0.29) is 37.7 Å². The SMILES string of the molecule is COCCOC(=O)N1CCN(S(=O)(=O)c2ccc(Oc3ccc(F)cc3)cc2)[C@H](C(=O)NO)C1. The van der Waals surface area contributed by atoms with Gasteiger partial charge in [-0.1, -0.05) is 0 Å². The minimum Gasteiger partial charge on any atom is -0.457 e. The molecule has 13 heteroatoms. The molecule has 1 aliphatic heterocycles. The van der Waals surface area contributed by atoms with Crippen molar-refractivity contribution >= 4 is 22.0 Å². The summed E-state index contributed by atoms with van der Waals surface area (Å²) in [5.41, 5.74) is 1.45. The van der Waals surface area contributed by atoms with E-state index in [9.17, 15) is 22.4 Å². The Morgan fingerprint density at radius 2 is 1.68 bits per heavy atom. The van der Waals surface area contributed by atoms with Crippen LogP contribution in [-0.4, -0.2) is 80.8 Å². The van der Waals surface area contributed by atoms with Crippen molar-refractivity contribution in [3.05, 3.63) is 54.3 Å². The van der Waals surface area contributed by atoms with Crippen molar-refractivity contribution in [3.63, 3.8) is 0 Å². The molecular weight excluding hydrogens is 473 g/mol. The number of benzene rings is 2. The first-order valence-corrected chi connectivity index (χ1v) is 11.6. The zero-order valence-electron chi connectivity index (χ0n) is 18.2. The number of hydrogen-bond donors (Lipinski definition) is 2. The minimum atomic E-state index is -4.17. The second-order valence-electron chi connectivity index (χ2n) is 7.19. The van der Waals surface area contributed by atoms with Gasteiger partial charge in [-0.2, -0.15) is 4.31 Å². The van der Waals surface area contributed by atoms with Crippen LogP contribution in [0.4, 0.5) is 9.18 Å². The molecule has 2 aromatic rings. The predicted molar refractivity (Wildman–Crippen MR) is 115 cm³/mol. The van der Waals surface area contributed by atoms with Gasteiger partial charge in [0.2, 0.25) is 10.0 Å². The van der Waals surface area contributed by atoms with Gasteiger partial charge in [-0.15, -0.1) is 0 Å². The van der Waals surface area contributed by atoms with Gasteiger partial charge in [0.05, 0.1) is 11.5 Å². The summed E-state index contributed by atoms with van der Waals surface area (Å²) in [6, 6.07) is 9.37. The average Bonchev–Trinajstić information content (AvgIpc) is 2.85. The number of hydrogen-bond acceptors (Lipinski definition) is 8. The Morgan fingerprint density at radius 3 is 2.26 bits per heavy atom. The van der Waals surface area contributed by atoms with Gasteiger partial charge in [0, 0.05) is 26.7 Å². The van der Waals surface area contributed by atoms with E-state index in [1.165, 1.54) is 66.0 Å². The topological polar surface area (TPSA) is 135 Å². The molecule has 0 aliphatic carbocycles. The molecule has 1 fully saturated rings. The molecule has 0 bridgehead atoms. The molecule has 0 radical (unpaired) electrons. The van der Waals surface area contributed by atoms with Crippen molar-refractivity contribution in [3.8, 4) is 11.5 Å². The quantitative estimate of drug-likeness (QED) is 0.319. The molecule has 1 atom stereocenters. The van der Waals surface area contributed by atoms with Crippen LogP contribution in [0.15, 0.2) is 53.4 Å². The standard InChI is InChI=1S/C21H24FN3O8S/c1-31-12-13-32-21(27)24-10-11-25(19(14-24)20(26)23-28)34(29,30)18-8-6-17(7-9-18)33-16-4-2-15(22)3-5-16/h2-9,19,28H,10-14H2,1H3,(H,23,26)/t19-/m0/s1. The highest BCUT2D eigenvalue weighted by Gasteiger charge is 2.41. The molecule has 0 spiro atoms. The number of carbonyl (C=O) groups is 2. The number of carbonyl (C=O) groups excluding carboxylic acids is 2. The predicted octanol–water partition coefficient (Wildman–Crippen LogP) is 1.58. The maximum absolute atomic E-state index is 13.2. The number of hydroxylamine groups is 1. The number of halogens is 1. The lowest BCUT2D eigenvalue weighted by molar-refractivity contribution is -0.134. The summed E-state index contributed by atoms with van der Waals surface area (Å²) in [4.78, 5) is 25.5. The average molecular weight is 498 g/mol. The van der Waals surface area contributed by atoms with Crippen molar-refractivity contribution in [1.29, 1.82) is 0 Å². The number of methoxy groups -OCH3 is 1. The maximum atomic E-state index is 13.2. The molecule has 1 heterocycles. The van der Waals surface area contributed by atoms with Gasteiger partial charge in [-0.25, -0.2) is 23.1 Å². The van der Waals surface area contributed by atoms with Gasteiger partial charge < -0.3 is 19.1 Å². The lowest BCUT2D eigenvalue weighted by Gasteiger charge is -2.38. The van der Waals surface area contributed by atoms with Crippen molar-refractivity contribution in [2.24, 2.45) is 0 Å². The highest BCUT2D eigenvalue weighted by atomic mass is 32.2. The molecule has 0 saturated carbocycles. The van der Waals surface area contributed by atoms with Crippen LogP contribution in [0.5, 0.6) is 11.5 Å². The smallest absolute Gasteiger partial charge is 0.409 e. The van der Waals surface area contributed by atoms with Crippen molar-refractivity contribution in [2.75, 3.05) is 40.0 Å². The van der Waals surface area contributed by atoms with Crippen LogP contribution in [0.1, 0.15) is 0 Å². The van der Waals surface area contributed by atoms with E-state index in [1.54, 1.807) is 0 Å². The molecule has 1 aliphatic rings. The van der Waals surface area contributed by atoms with Crippen LogP contribution in [-0.2, 0) is 24.3 Å². The number of ether oxygens (including phenoxy) is 3. The molecule has 1 saturated heterocycles. The van der Waals surface area contributed by atoms with E-state index < -0.39 is 33.9 Å². The minimum absolute atomic E-state index is 0.00293. The Hall–Kier alpha value is -3.26. The summed E-state index contributed by atoms with van der Waals surface area (Å²) >= 11 is 0. The Morgan fingerprint density at radius 1 is 1.06 bits per heavy atom. The molecule has 11 nitrogen and oxygen atoms in total. The largest absolute Gasteiger partial charge is 0.457 e. The number of rotatable bonds is 8. The highest BCUT2D eigenvalue weighted by molar-refractivity contribution is 7.89. The highest BCUT2D eigenvalue weighted by Crippen LogP contribution is 2.26. The summed E-state index contributed by atoms with van der Waals surface area (Å²) in [5, 5.41) is 9.12. The second-order valence-corrected chi connectivity index (χ2v) is 9.08. The molecule has 3 rings (SSSR count). The van der Waals surface area contributed by atoms with E-state index in [2.05, 4.69) is 0 Å². The van der Waals surface area contributed by atoms with Gasteiger partial charge in [-0.3, -0.25) is 10.0 Å². The maximum Gasteiger partial charge on any atom is 0.409 e. The Bertz CT molecular complexity index is 1100. The van der Waals surface area contributed by atoms with Gasteiger partial charge in [0.1, 0.15) is 30.0 Å². The van der Waals surface area contributed by atoms with Gasteiger partial charge in [-0.05, 0) is 48.5 Å².